The monoisotopic (exact) mass is 368 g/mol. The molecule has 7 heteroatoms. The van der Waals surface area contributed by atoms with Crippen LogP contribution in [0.15, 0.2) is 30.6 Å². The van der Waals surface area contributed by atoms with Gasteiger partial charge in [-0.1, -0.05) is 18.6 Å². The quantitative estimate of drug-likeness (QED) is 0.808. The second-order valence-electron chi connectivity index (χ2n) is 7.89. The third kappa shape index (κ3) is 4.18. The molecule has 4 rings (SSSR count). The van der Waals surface area contributed by atoms with E-state index in [1.54, 1.807) is 11.0 Å². The van der Waals surface area contributed by atoms with Crippen molar-refractivity contribution in [2.45, 2.75) is 44.7 Å². The van der Waals surface area contributed by atoms with E-state index in [1.807, 2.05) is 36.2 Å². The largest absolute Gasteiger partial charge is 0.341 e. The fraction of sp³-hybridized carbons (Fsp3) is 0.600. The van der Waals surface area contributed by atoms with Crippen LogP contribution in [-0.2, 0) is 6.54 Å². The molecule has 144 valence electrons. The zero-order valence-corrected chi connectivity index (χ0v) is 16.0. The Labute approximate surface area is 160 Å². The van der Waals surface area contributed by atoms with E-state index in [-0.39, 0.29) is 5.91 Å². The van der Waals surface area contributed by atoms with Gasteiger partial charge in [0.1, 0.15) is 6.33 Å². The molecule has 2 saturated heterocycles. The predicted molar refractivity (Wildman–Crippen MR) is 102 cm³/mol. The van der Waals surface area contributed by atoms with Crippen molar-refractivity contribution in [1.82, 2.24) is 30.0 Å². The molecule has 7 nitrogen and oxygen atoms in total. The van der Waals surface area contributed by atoms with E-state index in [0.29, 0.717) is 18.5 Å². The molecule has 0 aliphatic carbocycles. The minimum absolute atomic E-state index is 0.108. The van der Waals surface area contributed by atoms with Crippen LogP contribution in [0.4, 0.5) is 0 Å². The summed E-state index contributed by atoms with van der Waals surface area (Å²) >= 11 is 0. The number of hydrogen-bond donors (Lipinski definition) is 0. The number of benzene rings is 1. The average Bonchev–Trinajstić information content (AvgIpc) is 3.21. The second kappa shape index (κ2) is 8.17. The lowest BCUT2D eigenvalue weighted by Crippen LogP contribution is -2.51. The fourth-order valence-electron chi connectivity index (χ4n) is 4.64. The molecule has 0 N–H and O–H groups in total. The Morgan fingerprint density at radius 2 is 1.96 bits per heavy atom. The SMILES string of the molecule is CN(C[C@@H]1CCCN2CCCC[C@H]12)C(=O)c1ccc(Cn2cnnn2)cc1. The van der Waals surface area contributed by atoms with Gasteiger partial charge in [-0.2, -0.15) is 0 Å². The van der Waals surface area contributed by atoms with E-state index in [4.69, 9.17) is 0 Å². The van der Waals surface area contributed by atoms with E-state index >= 15 is 0 Å². The van der Waals surface area contributed by atoms with E-state index < -0.39 is 0 Å². The maximum absolute atomic E-state index is 12.9. The molecule has 1 amide bonds. The highest BCUT2D eigenvalue weighted by molar-refractivity contribution is 5.94. The summed E-state index contributed by atoms with van der Waals surface area (Å²) < 4.78 is 1.67. The molecule has 0 saturated carbocycles. The molecule has 0 radical (unpaired) electrons. The number of amides is 1. The Morgan fingerprint density at radius 1 is 1.15 bits per heavy atom. The molecule has 27 heavy (non-hydrogen) atoms. The Balaban J connectivity index is 1.37. The van der Waals surface area contributed by atoms with Gasteiger partial charge in [0.05, 0.1) is 6.54 Å². The van der Waals surface area contributed by atoms with Gasteiger partial charge in [0.2, 0.25) is 0 Å². The summed E-state index contributed by atoms with van der Waals surface area (Å²) in [5.41, 5.74) is 1.82. The lowest BCUT2D eigenvalue weighted by Gasteiger charge is -2.45. The summed E-state index contributed by atoms with van der Waals surface area (Å²) in [6.07, 6.45) is 8.04. The van der Waals surface area contributed by atoms with Crippen LogP contribution in [0.25, 0.3) is 0 Å². The number of tetrazole rings is 1. The second-order valence-corrected chi connectivity index (χ2v) is 7.89. The summed E-state index contributed by atoms with van der Waals surface area (Å²) in [7, 11) is 1.94. The van der Waals surface area contributed by atoms with Crippen LogP contribution < -0.4 is 0 Å². The van der Waals surface area contributed by atoms with Gasteiger partial charge < -0.3 is 9.80 Å². The van der Waals surface area contributed by atoms with Gasteiger partial charge in [-0.3, -0.25) is 4.79 Å². The highest BCUT2D eigenvalue weighted by atomic mass is 16.2. The Hall–Kier alpha value is -2.28. The van der Waals surface area contributed by atoms with Crippen molar-refractivity contribution in [3.63, 3.8) is 0 Å². The van der Waals surface area contributed by atoms with Crippen molar-refractivity contribution in [3.05, 3.63) is 41.7 Å². The number of nitrogens with zero attached hydrogens (tertiary/aromatic N) is 6. The van der Waals surface area contributed by atoms with Crippen LogP contribution in [0.3, 0.4) is 0 Å². The normalized spacial score (nSPS) is 23.0. The topological polar surface area (TPSA) is 67.2 Å². The summed E-state index contributed by atoms with van der Waals surface area (Å²) in [5.74, 6) is 0.712. The van der Waals surface area contributed by atoms with Gasteiger partial charge in [0.25, 0.3) is 5.91 Å². The third-order valence-electron chi connectivity index (χ3n) is 6.02. The van der Waals surface area contributed by atoms with Crippen LogP contribution in [0.5, 0.6) is 0 Å². The van der Waals surface area contributed by atoms with Gasteiger partial charge in [-0.05, 0) is 72.8 Å². The molecule has 0 bridgehead atoms. The van der Waals surface area contributed by atoms with E-state index in [0.717, 1.165) is 17.7 Å². The Morgan fingerprint density at radius 3 is 2.74 bits per heavy atom. The molecular formula is C20H28N6O. The van der Waals surface area contributed by atoms with Crippen molar-refractivity contribution >= 4 is 5.91 Å². The maximum atomic E-state index is 12.9. The Kier molecular flexibility index (Phi) is 5.48. The van der Waals surface area contributed by atoms with Crippen LogP contribution in [0, 0.1) is 5.92 Å². The van der Waals surface area contributed by atoms with Gasteiger partial charge in [-0.25, -0.2) is 4.68 Å². The fourth-order valence-corrected chi connectivity index (χ4v) is 4.64. The van der Waals surface area contributed by atoms with Crippen molar-refractivity contribution in [3.8, 4) is 0 Å². The van der Waals surface area contributed by atoms with Gasteiger partial charge in [-0.15, -0.1) is 5.10 Å². The predicted octanol–water partition coefficient (Wildman–Crippen LogP) is 2.06. The minimum Gasteiger partial charge on any atom is -0.341 e. The van der Waals surface area contributed by atoms with Gasteiger partial charge in [0, 0.05) is 25.2 Å². The number of piperidine rings is 2. The molecule has 0 unspecified atom stereocenters. The molecule has 2 atom stereocenters. The van der Waals surface area contributed by atoms with Crippen molar-refractivity contribution in [2.24, 2.45) is 5.92 Å². The number of aromatic nitrogens is 4. The van der Waals surface area contributed by atoms with E-state index in [2.05, 4.69) is 20.4 Å². The molecule has 2 aliphatic heterocycles. The number of hydrogen-bond acceptors (Lipinski definition) is 5. The Bertz CT molecular complexity index is 742. The van der Waals surface area contributed by atoms with Crippen LogP contribution in [0.2, 0.25) is 0 Å². The smallest absolute Gasteiger partial charge is 0.253 e. The van der Waals surface area contributed by atoms with Crippen LogP contribution in [-0.4, -0.2) is 68.6 Å². The third-order valence-corrected chi connectivity index (χ3v) is 6.02. The lowest BCUT2D eigenvalue weighted by atomic mass is 9.83. The first kappa shape index (κ1) is 18.1. The number of carbonyl (C=O) groups is 1. The summed E-state index contributed by atoms with van der Waals surface area (Å²) in [6.45, 7) is 3.94. The summed E-state index contributed by atoms with van der Waals surface area (Å²) in [6, 6.07) is 8.44. The highest BCUT2D eigenvalue weighted by Gasteiger charge is 2.34. The zero-order chi connectivity index (χ0) is 18.6. The molecule has 1 aromatic carbocycles. The zero-order valence-electron chi connectivity index (χ0n) is 16.0. The summed E-state index contributed by atoms with van der Waals surface area (Å²) in [5, 5.41) is 11.2. The molecule has 3 heterocycles. The average molecular weight is 368 g/mol. The first-order chi connectivity index (χ1) is 13.2. The number of rotatable bonds is 5. The van der Waals surface area contributed by atoms with Gasteiger partial charge >= 0.3 is 0 Å². The number of fused-ring (bicyclic) bond motifs is 1. The van der Waals surface area contributed by atoms with Crippen LogP contribution in [0.1, 0.15) is 48.0 Å². The molecule has 1 aromatic heterocycles. The molecule has 0 spiro atoms. The van der Waals surface area contributed by atoms with Crippen molar-refractivity contribution in [2.75, 3.05) is 26.7 Å². The highest BCUT2D eigenvalue weighted by Crippen LogP contribution is 2.31. The molecule has 2 fully saturated rings. The maximum Gasteiger partial charge on any atom is 0.253 e. The van der Waals surface area contributed by atoms with E-state index in [1.165, 1.54) is 45.2 Å². The molecule has 2 aromatic rings. The first-order valence-corrected chi connectivity index (χ1v) is 10.00. The van der Waals surface area contributed by atoms with E-state index in [9.17, 15) is 4.79 Å². The van der Waals surface area contributed by atoms with Crippen LogP contribution >= 0.6 is 0 Å². The lowest BCUT2D eigenvalue weighted by molar-refractivity contribution is 0.0403. The number of carbonyl (C=O) groups excluding carboxylic acids is 1. The van der Waals surface area contributed by atoms with Crippen molar-refractivity contribution in [1.29, 1.82) is 0 Å². The van der Waals surface area contributed by atoms with Crippen molar-refractivity contribution < 1.29 is 4.79 Å². The minimum atomic E-state index is 0.108. The molecular weight excluding hydrogens is 340 g/mol. The van der Waals surface area contributed by atoms with Gasteiger partial charge in [0.15, 0.2) is 0 Å². The standard InChI is InChI=1S/C20H28N6O/c1-24(14-18-5-4-12-25-11-3-2-6-19(18)25)20(27)17-9-7-16(8-10-17)13-26-15-21-22-23-26/h7-10,15,18-19H,2-6,11-14H2,1H3/t18-,19+/m0/s1. The first-order valence-electron chi connectivity index (χ1n) is 10.00. The summed E-state index contributed by atoms with van der Waals surface area (Å²) in [4.78, 5) is 17.5. The molecule has 2 aliphatic rings.